The van der Waals surface area contributed by atoms with Crippen molar-refractivity contribution >= 4 is 11.6 Å². The van der Waals surface area contributed by atoms with Crippen molar-refractivity contribution in [2.24, 2.45) is 0 Å². The Labute approximate surface area is 107 Å². The lowest BCUT2D eigenvalue weighted by Crippen LogP contribution is -2.30. The van der Waals surface area contributed by atoms with Crippen molar-refractivity contribution in [2.45, 2.75) is 25.4 Å². The van der Waals surface area contributed by atoms with E-state index in [0.29, 0.717) is 17.3 Å². The zero-order chi connectivity index (χ0) is 12.3. The molecule has 1 saturated carbocycles. The highest BCUT2D eigenvalue weighted by atomic mass is 35.5. The maximum atomic E-state index is 9.63. The summed E-state index contributed by atoms with van der Waals surface area (Å²) in [4.78, 5) is 2.38. The molecule has 0 saturated heterocycles. The third-order valence-electron chi connectivity index (χ3n) is 3.17. The van der Waals surface area contributed by atoms with Crippen LogP contribution in [0.5, 0.6) is 5.75 Å². The van der Waals surface area contributed by atoms with E-state index in [4.69, 9.17) is 11.6 Å². The Morgan fingerprint density at radius 2 is 2.24 bits per heavy atom. The van der Waals surface area contributed by atoms with Gasteiger partial charge in [0.05, 0.1) is 0 Å². The second kappa shape index (κ2) is 5.71. The molecule has 1 aliphatic carbocycles. The summed E-state index contributed by atoms with van der Waals surface area (Å²) in [6.07, 6.45) is 2.68. The molecule has 2 rings (SSSR count). The normalized spacial score (nSPS) is 15.5. The van der Waals surface area contributed by atoms with Crippen molar-refractivity contribution in [1.29, 1.82) is 0 Å². The summed E-state index contributed by atoms with van der Waals surface area (Å²) >= 11 is 5.88. The molecule has 2 N–H and O–H groups in total. The number of aromatic hydroxyl groups is 1. The summed E-state index contributed by atoms with van der Waals surface area (Å²) in [7, 11) is 2.16. The molecule has 1 aromatic carbocycles. The molecule has 0 spiro atoms. The second-order valence-electron chi connectivity index (χ2n) is 4.66. The van der Waals surface area contributed by atoms with Crippen molar-refractivity contribution in [3.8, 4) is 5.75 Å². The van der Waals surface area contributed by atoms with Crippen LogP contribution in [-0.4, -0.2) is 36.2 Å². The Kier molecular flexibility index (Phi) is 4.26. The van der Waals surface area contributed by atoms with Gasteiger partial charge in [-0.25, -0.2) is 0 Å². The molecule has 1 fully saturated rings. The molecule has 3 nitrogen and oxygen atoms in total. The van der Waals surface area contributed by atoms with E-state index in [1.807, 2.05) is 0 Å². The molecule has 0 aliphatic heterocycles. The Morgan fingerprint density at radius 3 is 2.94 bits per heavy atom. The molecule has 0 unspecified atom stereocenters. The van der Waals surface area contributed by atoms with Gasteiger partial charge in [0.2, 0.25) is 0 Å². The first-order chi connectivity index (χ1) is 8.16. The van der Waals surface area contributed by atoms with E-state index < -0.39 is 0 Å². The van der Waals surface area contributed by atoms with Crippen LogP contribution < -0.4 is 5.32 Å². The molecule has 4 heteroatoms. The van der Waals surface area contributed by atoms with Gasteiger partial charge < -0.3 is 15.3 Å². The molecule has 0 aromatic heterocycles. The zero-order valence-corrected chi connectivity index (χ0v) is 10.9. The molecular weight excluding hydrogens is 236 g/mol. The quantitative estimate of drug-likeness (QED) is 0.765. The van der Waals surface area contributed by atoms with Crippen LogP contribution in [0.2, 0.25) is 5.02 Å². The first kappa shape index (κ1) is 12.7. The van der Waals surface area contributed by atoms with Gasteiger partial charge in [0.25, 0.3) is 0 Å². The Hall–Kier alpha value is -0.770. The van der Waals surface area contributed by atoms with E-state index in [1.54, 1.807) is 18.2 Å². The monoisotopic (exact) mass is 254 g/mol. The summed E-state index contributed by atoms with van der Waals surface area (Å²) in [6.45, 7) is 2.63. The fourth-order valence-electron chi connectivity index (χ4n) is 1.87. The predicted octanol–water partition coefficient (Wildman–Crippen LogP) is 2.23. The lowest BCUT2D eigenvalue weighted by molar-refractivity contribution is 0.321. The highest BCUT2D eigenvalue weighted by Gasteiger charge is 2.25. The molecule has 1 aromatic rings. The standard InChI is InChI=1S/C13H19ClN2O/c1-16(12-3-4-12)7-6-15-9-10-8-11(14)2-5-13(10)17/h2,5,8,12,15,17H,3-4,6-7,9H2,1H3. The van der Waals surface area contributed by atoms with E-state index in [2.05, 4.69) is 17.3 Å². The molecule has 94 valence electrons. The number of nitrogens with one attached hydrogen (secondary N) is 1. The number of phenolic OH excluding ortho intramolecular Hbond substituents is 1. The zero-order valence-electron chi connectivity index (χ0n) is 10.1. The fraction of sp³-hybridized carbons (Fsp3) is 0.538. The van der Waals surface area contributed by atoms with E-state index in [-0.39, 0.29) is 0 Å². The third-order valence-corrected chi connectivity index (χ3v) is 3.40. The Bertz CT molecular complexity index is 380. The van der Waals surface area contributed by atoms with Gasteiger partial charge in [-0.3, -0.25) is 0 Å². The van der Waals surface area contributed by atoms with Crippen molar-refractivity contribution in [3.63, 3.8) is 0 Å². The lowest BCUT2D eigenvalue weighted by atomic mass is 10.2. The van der Waals surface area contributed by atoms with Gasteiger partial charge in [-0.2, -0.15) is 0 Å². The van der Waals surface area contributed by atoms with Gasteiger partial charge in [0.1, 0.15) is 5.75 Å². The number of phenols is 1. The summed E-state index contributed by atoms with van der Waals surface area (Å²) in [6, 6.07) is 5.93. The molecule has 17 heavy (non-hydrogen) atoms. The number of nitrogens with zero attached hydrogens (tertiary/aromatic N) is 1. The summed E-state index contributed by atoms with van der Waals surface area (Å²) < 4.78 is 0. The van der Waals surface area contributed by atoms with Crippen LogP contribution in [0.1, 0.15) is 18.4 Å². The fourth-order valence-corrected chi connectivity index (χ4v) is 2.07. The SMILES string of the molecule is CN(CCNCc1cc(Cl)ccc1O)C1CC1. The van der Waals surface area contributed by atoms with Gasteiger partial charge in [-0.15, -0.1) is 0 Å². The topological polar surface area (TPSA) is 35.5 Å². The highest BCUT2D eigenvalue weighted by molar-refractivity contribution is 6.30. The van der Waals surface area contributed by atoms with Crippen LogP contribution in [0.3, 0.4) is 0 Å². The highest BCUT2D eigenvalue weighted by Crippen LogP contribution is 2.24. The van der Waals surface area contributed by atoms with Gasteiger partial charge in [0, 0.05) is 36.3 Å². The Morgan fingerprint density at radius 1 is 1.47 bits per heavy atom. The van der Waals surface area contributed by atoms with Crippen molar-refractivity contribution in [2.75, 3.05) is 20.1 Å². The number of likely N-dealkylation sites (N-methyl/N-ethyl adjacent to an activating group) is 1. The molecule has 1 aliphatic rings. The summed E-state index contributed by atoms with van der Waals surface area (Å²) in [5.74, 6) is 0.303. The Balaban J connectivity index is 1.71. The van der Waals surface area contributed by atoms with Crippen molar-refractivity contribution in [3.05, 3.63) is 28.8 Å². The number of rotatable bonds is 6. The maximum absolute atomic E-state index is 9.63. The number of halogens is 1. The minimum absolute atomic E-state index is 0.303. The maximum Gasteiger partial charge on any atom is 0.120 e. The molecule has 0 radical (unpaired) electrons. The van der Waals surface area contributed by atoms with Crippen LogP contribution in [0.25, 0.3) is 0 Å². The van der Waals surface area contributed by atoms with Gasteiger partial charge in [0.15, 0.2) is 0 Å². The lowest BCUT2D eigenvalue weighted by Gasteiger charge is -2.16. The van der Waals surface area contributed by atoms with E-state index in [1.165, 1.54) is 12.8 Å². The first-order valence-electron chi connectivity index (χ1n) is 6.05. The second-order valence-corrected chi connectivity index (χ2v) is 5.10. The number of hydrogen-bond donors (Lipinski definition) is 2. The minimum atomic E-state index is 0.303. The molecular formula is C13H19ClN2O. The van der Waals surface area contributed by atoms with E-state index in [9.17, 15) is 5.11 Å². The third kappa shape index (κ3) is 3.87. The van der Waals surface area contributed by atoms with E-state index >= 15 is 0 Å². The molecule has 0 bridgehead atoms. The number of hydrogen-bond acceptors (Lipinski definition) is 3. The molecule has 0 heterocycles. The molecule has 0 amide bonds. The van der Waals surface area contributed by atoms with Crippen LogP contribution >= 0.6 is 11.6 Å². The van der Waals surface area contributed by atoms with Crippen LogP contribution in [0.4, 0.5) is 0 Å². The van der Waals surface area contributed by atoms with Gasteiger partial charge >= 0.3 is 0 Å². The smallest absolute Gasteiger partial charge is 0.120 e. The van der Waals surface area contributed by atoms with Crippen molar-refractivity contribution < 1.29 is 5.11 Å². The predicted molar refractivity (Wildman–Crippen MR) is 70.5 cm³/mol. The van der Waals surface area contributed by atoms with Crippen molar-refractivity contribution in [1.82, 2.24) is 10.2 Å². The average Bonchev–Trinajstić information content (AvgIpc) is 3.12. The van der Waals surface area contributed by atoms with Gasteiger partial charge in [-0.05, 0) is 38.1 Å². The van der Waals surface area contributed by atoms with Gasteiger partial charge in [-0.1, -0.05) is 11.6 Å². The van der Waals surface area contributed by atoms with Crippen LogP contribution in [-0.2, 0) is 6.54 Å². The summed E-state index contributed by atoms with van der Waals surface area (Å²) in [5, 5.41) is 13.6. The molecule has 0 atom stereocenters. The largest absolute Gasteiger partial charge is 0.508 e. The van der Waals surface area contributed by atoms with E-state index in [0.717, 1.165) is 24.7 Å². The van der Waals surface area contributed by atoms with Crippen LogP contribution in [0.15, 0.2) is 18.2 Å². The average molecular weight is 255 g/mol. The first-order valence-corrected chi connectivity index (χ1v) is 6.43. The minimum Gasteiger partial charge on any atom is -0.508 e. The number of benzene rings is 1. The van der Waals surface area contributed by atoms with Crippen LogP contribution in [0, 0.1) is 0 Å². The summed E-state index contributed by atoms with van der Waals surface area (Å²) in [5.41, 5.74) is 0.853.